The lowest BCUT2D eigenvalue weighted by molar-refractivity contribution is 0.531. The first-order valence-corrected chi connectivity index (χ1v) is 10.6. The summed E-state index contributed by atoms with van der Waals surface area (Å²) in [6, 6.07) is 9.39. The maximum atomic E-state index is 13.3. The zero-order valence-electron chi connectivity index (χ0n) is 17.5. The van der Waals surface area contributed by atoms with Gasteiger partial charge in [0.05, 0.1) is 16.9 Å². The van der Waals surface area contributed by atoms with E-state index < -0.39 is 16.1 Å². The maximum absolute atomic E-state index is 13.3. The number of hydrogen-bond donors (Lipinski definition) is 1. The Hall–Kier alpha value is -2.22. The van der Waals surface area contributed by atoms with Gasteiger partial charge in [0.1, 0.15) is 16.4 Å². The highest BCUT2D eigenvalue weighted by Gasteiger charge is 2.29. The second kappa shape index (κ2) is 7.89. The van der Waals surface area contributed by atoms with Gasteiger partial charge in [0, 0.05) is 29.5 Å². The van der Waals surface area contributed by atoms with E-state index in [1.54, 1.807) is 19.2 Å². The third-order valence-corrected chi connectivity index (χ3v) is 6.44. The zero-order chi connectivity index (χ0) is 21.5. The Balaban J connectivity index is 2.20. The van der Waals surface area contributed by atoms with Crippen LogP contribution in [0.5, 0.6) is 0 Å². The Bertz CT molecular complexity index is 1100. The molecule has 3 aromatic rings. The van der Waals surface area contributed by atoms with Crippen molar-refractivity contribution in [1.29, 1.82) is 0 Å². The summed E-state index contributed by atoms with van der Waals surface area (Å²) >= 11 is -1.27. The Morgan fingerprint density at radius 3 is 2.41 bits per heavy atom. The van der Waals surface area contributed by atoms with E-state index in [-0.39, 0.29) is 17.4 Å². The van der Waals surface area contributed by atoms with Gasteiger partial charge >= 0.3 is 0 Å². The molecule has 0 aliphatic heterocycles. The number of halogens is 1. The molecule has 154 valence electrons. The predicted octanol–water partition coefficient (Wildman–Crippen LogP) is 4.16. The minimum atomic E-state index is -1.27. The van der Waals surface area contributed by atoms with Crippen LogP contribution in [0.25, 0.3) is 22.3 Å². The molecule has 0 aliphatic carbocycles. The van der Waals surface area contributed by atoms with Gasteiger partial charge in [-0.25, -0.2) is 9.37 Å². The van der Waals surface area contributed by atoms with Crippen LogP contribution in [0.4, 0.5) is 4.39 Å². The predicted molar refractivity (Wildman–Crippen MR) is 117 cm³/mol. The Morgan fingerprint density at radius 1 is 1.21 bits per heavy atom. The number of fused-ring (bicyclic) bond motifs is 1. The van der Waals surface area contributed by atoms with Crippen LogP contribution in [0, 0.1) is 12.7 Å². The fourth-order valence-electron chi connectivity index (χ4n) is 3.14. The number of nitrogens with zero attached hydrogens (tertiary/aromatic N) is 2. The molecule has 1 aromatic heterocycles. The van der Waals surface area contributed by atoms with Crippen molar-refractivity contribution in [2.45, 2.75) is 45.4 Å². The van der Waals surface area contributed by atoms with E-state index in [0.717, 1.165) is 11.1 Å². The summed E-state index contributed by atoms with van der Waals surface area (Å²) in [6.45, 7) is 9.53. The van der Waals surface area contributed by atoms with Crippen molar-refractivity contribution in [2.24, 2.45) is 7.05 Å². The smallest absolute Gasteiger partial charge is 0.261 e. The van der Waals surface area contributed by atoms with Crippen molar-refractivity contribution >= 4 is 22.3 Å². The van der Waals surface area contributed by atoms with Gasteiger partial charge in [-0.3, -0.25) is 9.36 Å². The molecule has 29 heavy (non-hydrogen) atoms. The molecule has 0 aliphatic rings. The number of rotatable bonds is 4. The molecule has 0 bridgehead atoms. The van der Waals surface area contributed by atoms with Crippen molar-refractivity contribution in [3.63, 3.8) is 0 Å². The minimum Gasteiger partial charge on any atom is -0.598 e. The Kier molecular flexibility index (Phi) is 5.85. The molecule has 5 nitrogen and oxygen atoms in total. The van der Waals surface area contributed by atoms with Gasteiger partial charge in [0.25, 0.3) is 5.56 Å². The van der Waals surface area contributed by atoms with Crippen molar-refractivity contribution < 1.29 is 8.94 Å². The first-order chi connectivity index (χ1) is 13.5. The highest BCUT2D eigenvalue weighted by molar-refractivity contribution is 7.90. The van der Waals surface area contributed by atoms with Crippen LogP contribution in [0.2, 0.25) is 0 Å². The molecule has 2 atom stereocenters. The summed E-state index contributed by atoms with van der Waals surface area (Å²) in [7, 11) is 1.66. The van der Waals surface area contributed by atoms with Crippen molar-refractivity contribution in [3.05, 3.63) is 63.7 Å². The van der Waals surface area contributed by atoms with E-state index in [9.17, 15) is 13.7 Å². The van der Waals surface area contributed by atoms with Gasteiger partial charge in [-0.2, -0.15) is 0 Å². The normalized spacial score (nSPS) is 14.2. The fraction of sp³-hybridized carbons (Fsp3) is 0.364. The van der Waals surface area contributed by atoms with Crippen LogP contribution >= 0.6 is 0 Å². The lowest BCUT2D eigenvalue weighted by Crippen LogP contribution is -2.40. The first-order valence-electron chi connectivity index (χ1n) is 9.44. The second-order valence-electron chi connectivity index (χ2n) is 8.28. The van der Waals surface area contributed by atoms with E-state index in [1.807, 2.05) is 46.8 Å². The molecule has 7 heteroatoms. The number of hydrogen-bond acceptors (Lipinski definition) is 4. The fourth-order valence-corrected chi connectivity index (χ4v) is 3.94. The average Bonchev–Trinajstić information content (AvgIpc) is 2.64. The van der Waals surface area contributed by atoms with Gasteiger partial charge in [-0.05, 0) is 70.5 Å². The van der Waals surface area contributed by atoms with E-state index in [1.165, 1.54) is 16.7 Å². The molecule has 0 radical (unpaired) electrons. The minimum absolute atomic E-state index is 0.177. The highest BCUT2D eigenvalue weighted by Crippen LogP contribution is 2.27. The summed E-state index contributed by atoms with van der Waals surface area (Å²) in [5, 5.41) is 0.503. The summed E-state index contributed by atoms with van der Waals surface area (Å²) in [5.74, 6) is 0.107. The average molecular weight is 416 g/mol. The summed E-state index contributed by atoms with van der Waals surface area (Å²) in [5.41, 5.74) is 2.76. The quantitative estimate of drug-likeness (QED) is 0.650. The van der Waals surface area contributed by atoms with Crippen molar-refractivity contribution in [2.75, 3.05) is 0 Å². The Labute approximate surface area is 173 Å². The lowest BCUT2D eigenvalue weighted by atomic mass is 10.0. The lowest BCUT2D eigenvalue weighted by Gasteiger charge is -2.27. The summed E-state index contributed by atoms with van der Waals surface area (Å²) in [4.78, 5) is 17.8. The summed E-state index contributed by atoms with van der Waals surface area (Å²) in [6.07, 6.45) is 0. The van der Waals surface area contributed by atoms with E-state index in [0.29, 0.717) is 22.3 Å². The molecular weight excluding hydrogens is 389 g/mol. The molecule has 2 aromatic carbocycles. The van der Waals surface area contributed by atoms with Crippen LogP contribution in [-0.2, 0) is 18.4 Å². The molecule has 0 spiro atoms. The van der Waals surface area contributed by atoms with Crippen LogP contribution in [0.1, 0.15) is 44.9 Å². The molecule has 1 N–H and O–H groups in total. The number of benzene rings is 2. The van der Waals surface area contributed by atoms with E-state index >= 15 is 0 Å². The second-order valence-corrected chi connectivity index (χ2v) is 10.3. The topological polar surface area (TPSA) is 70.0 Å². The summed E-state index contributed by atoms with van der Waals surface area (Å²) < 4.78 is 30.1. The number of aromatic nitrogens is 2. The standard InChI is InChI=1S/C22H26FN3O2S/c1-13-11-17(14(2)25-29(28)22(3,4)5)19-18(12-13)21(27)26(6)20(24-19)15-7-9-16(23)10-8-15/h7-12,14,25H,1-6H3/t14?,29-/m1/s1. The van der Waals surface area contributed by atoms with E-state index in [4.69, 9.17) is 4.98 Å². The monoisotopic (exact) mass is 415 g/mol. The Morgan fingerprint density at radius 2 is 1.83 bits per heavy atom. The van der Waals surface area contributed by atoms with Crippen LogP contribution < -0.4 is 10.3 Å². The molecule has 0 saturated carbocycles. The molecule has 1 unspecified atom stereocenters. The van der Waals surface area contributed by atoms with Crippen LogP contribution in [0.3, 0.4) is 0 Å². The molecule has 0 amide bonds. The van der Waals surface area contributed by atoms with Gasteiger partial charge in [-0.15, -0.1) is 4.72 Å². The van der Waals surface area contributed by atoms with Gasteiger partial charge < -0.3 is 4.55 Å². The molecule has 3 rings (SSSR count). The highest BCUT2D eigenvalue weighted by atomic mass is 32.2. The third kappa shape index (κ3) is 4.37. The largest absolute Gasteiger partial charge is 0.598 e. The van der Waals surface area contributed by atoms with Crippen molar-refractivity contribution in [1.82, 2.24) is 14.3 Å². The first kappa shape index (κ1) is 21.5. The molecule has 1 heterocycles. The SMILES string of the molecule is Cc1cc(C(C)N[S@+]([O-])C(C)(C)C)c2nc(-c3ccc(F)cc3)n(C)c(=O)c2c1. The van der Waals surface area contributed by atoms with Gasteiger partial charge in [0.2, 0.25) is 0 Å². The van der Waals surface area contributed by atoms with E-state index in [2.05, 4.69) is 4.72 Å². The molecular formula is C22H26FN3O2S. The van der Waals surface area contributed by atoms with Crippen LogP contribution in [-0.4, -0.2) is 18.9 Å². The third-order valence-electron chi connectivity index (χ3n) is 4.76. The number of aryl methyl sites for hydroxylation is 1. The van der Waals surface area contributed by atoms with Crippen LogP contribution in [0.15, 0.2) is 41.2 Å². The molecule has 0 fully saturated rings. The maximum Gasteiger partial charge on any atom is 0.261 e. The van der Waals surface area contributed by atoms with Gasteiger partial charge in [0.15, 0.2) is 0 Å². The zero-order valence-corrected chi connectivity index (χ0v) is 18.4. The van der Waals surface area contributed by atoms with Crippen molar-refractivity contribution in [3.8, 4) is 11.4 Å². The van der Waals surface area contributed by atoms with Gasteiger partial charge in [-0.1, -0.05) is 6.07 Å². The number of nitrogens with one attached hydrogen (secondary N) is 1. The molecule has 0 saturated heterocycles.